The van der Waals surface area contributed by atoms with E-state index in [2.05, 4.69) is 15.6 Å². The molecular formula is C30H27ClN4O3. The van der Waals surface area contributed by atoms with E-state index in [1.807, 2.05) is 72.8 Å². The maximum absolute atomic E-state index is 13.6. The first-order chi connectivity index (χ1) is 18.4. The van der Waals surface area contributed by atoms with Crippen LogP contribution in [-0.4, -0.2) is 46.2 Å². The van der Waals surface area contributed by atoms with Gasteiger partial charge in [0.1, 0.15) is 12.1 Å². The molecule has 8 heteroatoms. The first-order valence-corrected chi connectivity index (χ1v) is 13.1. The topological polar surface area (TPSA) is 94.3 Å². The molecule has 2 aliphatic rings. The fraction of sp³-hybridized carbons (Fsp3) is 0.233. The van der Waals surface area contributed by atoms with Gasteiger partial charge in [-0.2, -0.15) is 0 Å². The van der Waals surface area contributed by atoms with Crippen LogP contribution < -0.4 is 10.6 Å². The van der Waals surface area contributed by atoms with Crippen LogP contribution >= 0.6 is 11.6 Å². The highest BCUT2D eigenvalue weighted by atomic mass is 35.5. The molecule has 192 valence electrons. The molecule has 3 atom stereocenters. The molecule has 0 fully saturated rings. The van der Waals surface area contributed by atoms with Crippen molar-refractivity contribution in [3.8, 4) is 0 Å². The average molecular weight is 527 g/mol. The Bertz CT molecular complexity index is 1560. The van der Waals surface area contributed by atoms with Gasteiger partial charge in [0.05, 0.1) is 6.04 Å². The third-order valence-corrected chi connectivity index (χ3v) is 7.78. The molecule has 38 heavy (non-hydrogen) atoms. The zero-order valence-electron chi connectivity index (χ0n) is 20.8. The number of hydrogen-bond acceptors (Lipinski definition) is 3. The van der Waals surface area contributed by atoms with Crippen molar-refractivity contribution in [1.82, 2.24) is 20.5 Å². The second-order valence-corrected chi connectivity index (χ2v) is 10.3. The van der Waals surface area contributed by atoms with E-state index in [0.717, 1.165) is 33.3 Å². The van der Waals surface area contributed by atoms with Crippen molar-refractivity contribution in [3.63, 3.8) is 0 Å². The normalized spacial score (nSPS) is 18.5. The molecule has 0 saturated heterocycles. The quantitative estimate of drug-likeness (QED) is 0.352. The summed E-state index contributed by atoms with van der Waals surface area (Å²) in [5.41, 5.74) is 5.50. The number of fused-ring (bicyclic) bond motifs is 7. The number of benzene rings is 3. The average Bonchev–Trinajstić information content (AvgIpc) is 3.45. The lowest BCUT2D eigenvalue weighted by Crippen LogP contribution is -2.56. The molecule has 7 nitrogen and oxygen atoms in total. The lowest BCUT2D eigenvalue weighted by atomic mass is 9.90. The molecule has 0 radical (unpaired) electrons. The molecule has 0 aliphatic carbocycles. The second kappa shape index (κ2) is 9.65. The van der Waals surface area contributed by atoms with Crippen LogP contribution in [-0.2, 0) is 22.4 Å². The molecule has 0 bridgehead atoms. The molecule has 2 aliphatic heterocycles. The fourth-order valence-electron chi connectivity index (χ4n) is 5.65. The summed E-state index contributed by atoms with van der Waals surface area (Å²) in [4.78, 5) is 45.1. The third kappa shape index (κ3) is 4.13. The lowest BCUT2D eigenvalue weighted by Gasteiger charge is -2.37. The molecule has 3 aromatic carbocycles. The summed E-state index contributed by atoms with van der Waals surface area (Å²) in [5.74, 6) is -0.786. The number of hydrogen-bond donors (Lipinski definition) is 3. The molecular weight excluding hydrogens is 500 g/mol. The van der Waals surface area contributed by atoms with E-state index in [1.54, 1.807) is 11.8 Å². The summed E-state index contributed by atoms with van der Waals surface area (Å²) < 4.78 is 0. The van der Waals surface area contributed by atoms with Gasteiger partial charge in [0.2, 0.25) is 11.8 Å². The summed E-state index contributed by atoms with van der Waals surface area (Å²) in [6.07, 6.45) is 1.02. The summed E-state index contributed by atoms with van der Waals surface area (Å²) in [7, 11) is 0. The SMILES string of the molecule is C[C@H](NC(=O)[C@@H]1Cc2c([nH]c3ccccc23)[C@H]2c3ccccc3C(=O)N21)C(=O)NCCc1ccc(Cl)cc1. The number of halogens is 1. The number of aromatic nitrogens is 1. The van der Waals surface area contributed by atoms with Crippen molar-refractivity contribution in [2.75, 3.05) is 6.54 Å². The molecule has 3 heterocycles. The van der Waals surface area contributed by atoms with Gasteiger partial charge in [-0.05, 0) is 54.3 Å². The van der Waals surface area contributed by atoms with Gasteiger partial charge < -0.3 is 20.5 Å². The van der Waals surface area contributed by atoms with E-state index in [0.29, 0.717) is 30.0 Å². The second-order valence-electron chi connectivity index (χ2n) is 9.88. The highest BCUT2D eigenvalue weighted by molar-refractivity contribution is 6.30. The highest BCUT2D eigenvalue weighted by Gasteiger charge is 2.49. The van der Waals surface area contributed by atoms with Crippen LogP contribution in [0.25, 0.3) is 10.9 Å². The first-order valence-electron chi connectivity index (χ1n) is 12.8. The Morgan fingerprint density at radius 3 is 2.61 bits per heavy atom. The Labute approximate surface area is 225 Å². The van der Waals surface area contributed by atoms with Crippen molar-refractivity contribution in [2.24, 2.45) is 0 Å². The van der Waals surface area contributed by atoms with E-state index in [4.69, 9.17) is 11.6 Å². The van der Waals surface area contributed by atoms with Crippen LogP contribution in [0.5, 0.6) is 0 Å². The number of amides is 3. The van der Waals surface area contributed by atoms with E-state index in [1.165, 1.54) is 0 Å². The van der Waals surface area contributed by atoms with E-state index >= 15 is 0 Å². The zero-order valence-corrected chi connectivity index (χ0v) is 21.6. The van der Waals surface area contributed by atoms with E-state index in [-0.39, 0.29) is 23.8 Å². The van der Waals surface area contributed by atoms with Crippen molar-refractivity contribution >= 4 is 40.2 Å². The largest absolute Gasteiger partial charge is 0.356 e. The van der Waals surface area contributed by atoms with Gasteiger partial charge in [-0.1, -0.05) is 60.1 Å². The van der Waals surface area contributed by atoms with Gasteiger partial charge in [0.25, 0.3) is 5.91 Å². The van der Waals surface area contributed by atoms with Crippen LogP contribution in [0.3, 0.4) is 0 Å². The fourth-order valence-corrected chi connectivity index (χ4v) is 5.77. The minimum Gasteiger partial charge on any atom is -0.356 e. The maximum Gasteiger partial charge on any atom is 0.255 e. The van der Waals surface area contributed by atoms with Gasteiger partial charge in [-0.25, -0.2) is 0 Å². The van der Waals surface area contributed by atoms with Crippen molar-refractivity contribution in [3.05, 3.63) is 106 Å². The van der Waals surface area contributed by atoms with Crippen LogP contribution in [0, 0.1) is 0 Å². The Kier molecular flexibility index (Phi) is 6.16. The number of rotatable bonds is 6. The van der Waals surface area contributed by atoms with Crippen molar-refractivity contribution in [2.45, 2.75) is 37.9 Å². The van der Waals surface area contributed by atoms with Gasteiger partial charge in [-0.3, -0.25) is 14.4 Å². The Morgan fingerprint density at radius 2 is 1.79 bits per heavy atom. The molecule has 3 amide bonds. The van der Waals surface area contributed by atoms with E-state index < -0.39 is 12.1 Å². The van der Waals surface area contributed by atoms with Crippen LogP contribution in [0.15, 0.2) is 72.8 Å². The maximum atomic E-state index is 13.6. The molecule has 6 rings (SSSR count). The molecule has 0 saturated carbocycles. The minimum atomic E-state index is -0.754. The summed E-state index contributed by atoms with van der Waals surface area (Å²) in [6, 6.07) is 21.1. The predicted octanol–water partition coefficient (Wildman–Crippen LogP) is 4.15. The van der Waals surface area contributed by atoms with Gasteiger partial charge in [0.15, 0.2) is 0 Å². The zero-order chi connectivity index (χ0) is 26.4. The van der Waals surface area contributed by atoms with Crippen molar-refractivity contribution in [1.29, 1.82) is 0 Å². The van der Waals surface area contributed by atoms with Crippen LogP contribution in [0.2, 0.25) is 5.02 Å². The predicted molar refractivity (Wildman–Crippen MR) is 146 cm³/mol. The Morgan fingerprint density at radius 1 is 1.05 bits per heavy atom. The smallest absolute Gasteiger partial charge is 0.255 e. The molecule has 3 N–H and O–H groups in total. The summed E-state index contributed by atoms with van der Waals surface area (Å²) >= 11 is 5.93. The first kappa shape index (κ1) is 24.2. The Balaban J connectivity index is 1.22. The number of nitrogens with one attached hydrogen (secondary N) is 3. The number of nitrogens with zero attached hydrogens (tertiary/aromatic N) is 1. The number of para-hydroxylation sites is 1. The molecule has 0 unspecified atom stereocenters. The summed E-state index contributed by atoms with van der Waals surface area (Å²) in [5, 5.41) is 7.46. The number of carbonyl (C=O) groups excluding carboxylic acids is 3. The van der Waals surface area contributed by atoms with E-state index in [9.17, 15) is 14.4 Å². The van der Waals surface area contributed by atoms with Gasteiger partial charge >= 0.3 is 0 Å². The molecule has 1 aromatic heterocycles. The highest BCUT2D eigenvalue weighted by Crippen LogP contribution is 2.46. The lowest BCUT2D eigenvalue weighted by molar-refractivity contribution is -0.131. The number of carbonyl (C=O) groups is 3. The molecule has 0 spiro atoms. The Hall–Kier alpha value is -4.10. The van der Waals surface area contributed by atoms with Crippen molar-refractivity contribution < 1.29 is 14.4 Å². The number of H-pyrrole nitrogens is 1. The molecule has 4 aromatic rings. The van der Waals surface area contributed by atoms with Gasteiger partial charge in [0, 0.05) is 40.1 Å². The monoisotopic (exact) mass is 526 g/mol. The van der Waals surface area contributed by atoms with Crippen LogP contribution in [0.1, 0.15) is 45.7 Å². The summed E-state index contributed by atoms with van der Waals surface area (Å²) in [6.45, 7) is 2.10. The number of aromatic amines is 1. The third-order valence-electron chi connectivity index (χ3n) is 7.53. The van der Waals surface area contributed by atoms with Crippen LogP contribution in [0.4, 0.5) is 0 Å². The minimum absolute atomic E-state index is 0.171. The van der Waals surface area contributed by atoms with Gasteiger partial charge in [-0.15, -0.1) is 0 Å². The standard InChI is InChI=1S/C30H27ClN4O3/c1-17(28(36)32-15-14-18-10-12-19(31)13-11-18)33-29(37)25-16-23-20-6-4-5-9-24(20)34-26(23)27-21-7-2-3-8-22(21)30(38)35(25)27/h2-13,17,25,27,34H,14-16H2,1H3,(H,32,36)(H,33,37)/t17-,25-,27+/m0/s1.